The average Bonchev–Trinajstić information content (AvgIpc) is 2.69. The standard InChI is InChI=1S/C23H31NO3/c1-2-3-4-5-6-8-13-20-14-21-17-26-18-22(15-20)24(21)23(25)27-16-19-11-9-7-10-12-19/h2,7,9-12,14,21-22H,1,3-6,8,13,15-18H2. The Morgan fingerprint density at radius 2 is 2.00 bits per heavy atom. The Balaban J connectivity index is 1.50. The minimum atomic E-state index is -0.225. The molecular formula is C23H31NO3. The molecule has 1 aromatic carbocycles. The number of benzene rings is 1. The van der Waals surface area contributed by atoms with E-state index < -0.39 is 0 Å². The van der Waals surface area contributed by atoms with Gasteiger partial charge in [0.1, 0.15) is 6.61 Å². The van der Waals surface area contributed by atoms with Gasteiger partial charge in [0.2, 0.25) is 0 Å². The van der Waals surface area contributed by atoms with Gasteiger partial charge < -0.3 is 9.47 Å². The van der Waals surface area contributed by atoms with Gasteiger partial charge in [0.15, 0.2) is 0 Å². The van der Waals surface area contributed by atoms with Gasteiger partial charge in [0.05, 0.1) is 25.3 Å². The number of morpholine rings is 1. The highest BCUT2D eigenvalue weighted by Crippen LogP contribution is 2.30. The molecule has 4 heteroatoms. The normalized spacial score (nSPS) is 21.5. The van der Waals surface area contributed by atoms with Crippen LogP contribution in [-0.4, -0.2) is 36.3 Å². The largest absolute Gasteiger partial charge is 0.445 e. The third kappa shape index (κ3) is 5.70. The van der Waals surface area contributed by atoms with Crippen LogP contribution < -0.4 is 0 Å². The Kier molecular flexibility index (Phi) is 7.52. The quantitative estimate of drug-likeness (QED) is 0.441. The van der Waals surface area contributed by atoms with Gasteiger partial charge in [-0.25, -0.2) is 4.79 Å². The van der Waals surface area contributed by atoms with Crippen molar-refractivity contribution in [3.05, 3.63) is 60.2 Å². The van der Waals surface area contributed by atoms with E-state index in [0.29, 0.717) is 19.8 Å². The molecule has 3 rings (SSSR count). The van der Waals surface area contributed by atoms with Crippen molar-refractivity contribution in [2.75, 3.05) is 13.2 Å². The lowest BCUT2D eigenvalue weighted by Gasteiger charge is -2.43. The molecule has 1 aromatic rings. The zero-order valence-electron chi connectivity index (χ0n) is 16.1. The number of rotatable bonds is 9. The first-order chi connectivity index (χ1) is 13.3. The Labute approximate surface area is 162 Å². The van der Waals surface area contributed by atoms with Crippen LogP contribution in [0.4, 0.5) is 4.79 Å². The SMILES string of the molecule is C=CCCCCCCC1=CC2COCC(C1)N2C(=O)OCc1ccccc1. The predicted octanol–water partition coefficient (Wildman–Crippen LogP) is 5.25. The van der Waals surface area contributed by atoms with Gasteiger partial charge in [-0.3, -0.25) is 4.90 Å². The topological polar surface area (TPSA) is 38.8 Å². The number of hydrogen-bond donors (Lipinski definition) is 0. The van der Waals surface area contributed by atoms with Gasteiger partial charge >= 0.3 is 6.09 Å². The first-order valence-corrected chi connectivity index (χ1v) is 10.1. The molecule has 1 amide bonds. The number of ether oxygens (including phenoxy) is 2. The maximum absolute atomic E-state index is 12.7. The summed E-state index contributed by atoms with van der Waals surface area (Å²) in [7, 11) is 0. The summed E-state index contributed by atoms with van der Waals surface area (Å²) < 4.78 is 11.3. The summed E-state index contributed by atoms with van der Waals surface area (Å²) in [6.07, 6.45) is 12.2. The van der Waals surface area contributed by atoms with Crippen LogP contribution in [-0.2, 0) is 16.1 Å². The molecule has 2 aliphatic heterocycles. The summed E-state index contributed by atoms with van der Waals surface area (Å²) in [5.41, 5.74) is 2.49. The second-order valence-corrected chi connectivity index (χ2v) is 7.48. The molecule has 2 unspecified atom stereocenters. The maximum atomic E-state index is 12.7. The maximum Gasteiger partial charge on any atom is 0.411 e. The molecule has 146 valence electrons. The highest BCUT2D eigenvalue weighted by molar-refractivity contribution is 5.69. The highest BCUT2D eigenvalue weighted by Gasteiger charge is 2.38. The molecular weight excluding hydrogens is 338 g/mol. The van der Waals surface area contributed by atoms with Gasteiger partial charge in [-0.2, -0.15) is 0 Å². The van der Waals surface area contributed by atoms with Crippen molar-refractivity contribution in [2.45, 2.75) is 63.6 Å². The van der Waals surface area contributed by atoms with Gasteiger partial charge in [-0.15, -0.1) is 6.58 Å². The van der Waals surface area contributed by atoms with E-state index in [1.807, 2.05) is 41.3 Å². The third-order valence-electron chi connectivity index (χ3n) is 5.35. The summed E-state index contributed by atoms with van der Waals surface area (Å²) in [5.74, 6) is 0. The summed E-state index contributed by atoms with van der Waals surface area (Å²) in [5, 5.41) is 0. The summed E-state index contributed by atoms with van der Waals surface area (Å²) in [6.45, 7) is 5.26. The Morgan fingerprint density at radius 1 is 1.19 bits per heavy atom. The summed E-state index contributed by atoms with van der Waals surface area (Å²) in [6, 6.07) is 9.94. The smallest absolute Gasteiger partial charge is 0.411 e. The number of fused-ring (bicyclic) bond motifs is 2. The molecule has 1 saturated heterocycles. The zero-order valence-corrected chi connectivity index (χ0v) is 16.1. The molecule has 2 bridgehead atoms. The van der Waals surface area contributed by atoms with Crippen molar-refractivity contribution >= 4 is 6.09 Å². The fourth-order valence-electron chi connectivity index (χ4n) is 3.94. The van der Waals surface area contributed by atoms with Gasteiger partial charge in [0.25, 0.3) is 0 Å². The van der Waals surface area contributed by atoms with E-state index in [1.54, 1.807) is 0 Å². The monoisotopic (exact) mass is 369 g/mol. The van der Waals surface area contributed by atoms with Crippen LogP contribution in [0.25, 0.3) is 0 Å². The van der Waals surface area contributed by atoms with E-state index in [1.165, 1.54) is 31.3 Å². The molecule has 0 radical (unpaired) electrons. The van der Waals surface area contributed by atoms with Crippen LogP contribution in [0.15, 0.2) is 54.6 Å². The van der Waals surface area contributed by atoms with Crippen molar-refractivity contribution in [3.8, 4) is 0 Å². The number of amides is 1. The third-order valence-corrected chi connectivity index (χ3v) is 5.35. The first kappa shape index (κ1) is 19.7. The summed E-state index contributed by atoms with van der Waals surface area (Å²) >= 11 is 0. The number of carbonyl (C=O) groups excluding carboxylic acids is 1. The number of unbranched alkanes of at least 4 members (excludes halogenated alkanes) is 4. The fourth-order valence-corrected chi connectivity index (χ4v) is 3.94. The number of allylic oxidation sites excluding steroid dienone is 1. The molecule has 2 heterocycles. The van der Waals surface area contributed by atoms with Crippen molar-refractivity contribution in [1.82, 2.24) is 4.90 Å². The van der Waals surface area contributed by atoms with Crippen LogP contribution in [0.2, 0.25) is 0 Å². The Morgan fingerprint density at radius 3 is 2.78 bits per heavy atom. The van der Waals surface area contributed by atoms with E-state index in [-0.39, 0.29) is 18.2 Å². The molecule has 0 N–H and O–H groups in total. The molecule has 0 aliphatic carbocycles. The first-order valence-electron chi connectivity index (χ1n) is 10.1. The highest BCUT2D eigenvalue weighted by atomic mass is 16.6. The lowest BCUT2D eigenvalue weighted by Crippen LogP contribution is -2.56. The molecule has 2 atom stereocenters. The van der Waals surface area contributed by atoms with Crippen LogP contribution in [0.5, 0.6) is 0 Å². The van der Waals surface area contributed by atoms with Crippen LogP contribution in [0, 0.1) is 0 Å². The zero-order chi connectivity index (χ0) is 18.9. The van der Waals surface area contributed by atoms with Crippen molar-refractivity contribution in [3.63, 3.8) is 0 Å². The van der Waals surface area contributed by atoms with Crippen molar-refractivity contribution in [2.24, 2.45) is 0 Å². The second-order valence-electron chi connectivity index (χ2n) is 7.48. The predicted molar refractivity (Wildman–Crippen MR) is 107 cm³/mol. The molecule has 0 saturated carbocycles. The van der Waals surface area contributed by atoms with Crippen LogP contribution >= 0.6 is 0 Å². The molecule has 0 spiro atoms. The molecule has 1 fully saturated rings. The van der Waals surface area contributed by atoms with E-state index in [2.05, 4.69) is 12.7 Å². The van der Waals surface area contributed by atoms with Gasteiger partial charge in [-0.05, 0) is 37.7 Å². The summed E-state index contributed by atoms with van der Waals surface area (Å²) in [4.78, 5) is 14.6. The van der Waals surface area contributed by atoms with Gasteiger partial charge in [-0.1, -0.05) is 60.9 Å². The van der Waals surface area contributed by atoms with E-state index in [0.717, 1.165) is 24.8 Å². The Bertz CT molecular complexity index is 640. The second kappa shape index (κ2) is 10.3. The number of nitrogens with zero attached hydrogens (tertiary/aromatic N) is 1. The number of carbonyl (C=O) groups is 1. The molecule has 2 aliphatic rings. The van der Waals surface area contributed by atoms with Crippen molar-refractivity contribution in [1.29, 1.82) is 0 Å². The number of hydrogen-bond acceptors (Lipinski definition) is 3. The van der Waals surface area contributed by atoms with Crippen LogP contribution in [0.1, 0.15) is 50.5 Å². The minimum absolute atomic E-state index is 0.0107. The van der Waals surface area contributed by atoms with E-state index in [4.69, 9.17) is 9.47 Å². The lowest BCUT2D eigenvalue weighted by atomic mass is 9.91. The van der Waals surface area contributed by atoms with Gasteiger partial charge in [0, 0.05) is 0 Å². The molecule has 4 nitrogen and oxygen atoms in total. The fraction of sp³-hybridized carbons (Fsp3) is 0.522. The molecule has 0 aromatic heterocycles. The molecule has 27 heavy (non-hydrogen) atoms. The minimum Gasteiger partial charge on any atom is -0.445 e. The van der Waals surface area contributed by atoms with Crippen molar-refractivity contribution < 1.29 is 14.3 Å². The van der Waals surface area contributed by atoms with E-state index in [9.17, 15) is 4.79 Å². The Hall–Kier alpha value is -2.07. The van der Waals surface area contributed by atoms with Crippen LogP contribution in [0.3, 0.4) is 0 Å². The average molecular weight is 370 g/mol. The lowest BCUT2D eigenvalue weighted by molar-refractivity contribution is -0.0375. The van der Waals surface area contributed by atoms with E-state index >= 15 is 0 Å².